The Morgan fingerprint density at radius 3 is 2.68 bits per heavy atom. The maximum absolute atomic E-state index is 13.5. The first kappa shape index (κ1) is 24.3. The molecule has 1 N–H and O–H groups in total. The standard InChI is InChI=1S/C22H28N4O4.K/c1-25-12-11-23-20(25)19(15-8-4-6-10-18(15)30-2)24-22(29)26-16-9-5-3-7-14(16)13-17(26)21(27)28;/h4,6,8,10-12,14,16-17,19H,3,5,7,9,13H2,1-2H3,(H,24,29)(H,27,28);/q;+1/p-1. The number of imidazole rings is 1. The number of amides is 2. The van der Waals surface area contributed by atoms with Crippen LogP contribution in [-0.2, 0) is 11.8 Å². The van der Waals surface area contributed by atoms with E-state index in [1.165, 1.54) is 4.90 Å². The number of hydrogen-bond donors (Lipinski definition) is 1. The van der Waals surface area contributed by atoms with Crippen LogP contribution < -0.4 is 66.5 Å². The number of hydrogen-bond acceptors (Lipinski definition) is 5. The van der Waals surface area contributed by atoms with Crippen molar-refractivity contribution in [3.05, 3.63) is 48.0 Å². The molecule has 2 amide bonds. The average molecular weight is 451 g/mol. The van der Waals surface area contributed by atoms with E-state index in [0.717, 1.165) is 31.2 Å². The van der Waals surface area contributed by atoms with Gasteiger partial charge in [0.1, 0.15) is 17.6 Å². The molecule has 0 spiro atoms. The van der Waals surface area contributed by atoms with Gasteiger partial charge in [-0.15, -0.1) is 0 Å². The number of nitrogens with one attached hydrogen (secondary N) is 1. The predicted octanol–water partition coefficient (Wildman–Crippen LogP) is -1.39. The van der Waals surface area contributed by atoms with Gasteiger partial charge in [0.25, 0.3) is 0 Å². The zero-order valence-corrected chi connectivity index (χ0v) is 21.4. The van der Waals surface area contributed by atoms with Crippen molar-refractivity contribution in [2.24, 2.45) is 13.0 Å². The molecule has 0 bridgehead atoms. The number of para-hydroxylation sites is 1. The van der Waals surface area contributed by atoms with Crippen LogP contribution in [0.5, 0.6) is 5.75 Å². The van der Waals surface area contributed by atoms with Gasteiger partial charge in [-0.1, -0.05) is 31.0 Å². The molecule has 1 aromatic heterocycles. The molecule has 2 aliphatic rings. The van der Waals surface area contributed by atoms with Gasteiger partial charge in [-0.25, -0.2) is 9.78 Å². The zero-order chi connectivity index (χ0) is 21.3. The van der Waals surface area contributed by atoms with Crippen molar-refractivity contribution in [2.45, 2.75) is 50.2 Å². The van der Waals surface area contributed by atoms with Crippen LogP contribution in [0.1, 0.15) is 49.5 Å². The number of aryl methyl sites for hydroxylation is 1. The van der Waals surface area contributed by atoms with E-state index in [2.05, 4.69) is 10.3 Å². The van der Waals surface area contributed by atoms with Gasteiger partial charge in [0, 0.05) is 31.0 Å². The predicted molar refractivity (Wildman–Crippen MR) is 108 cm³/mol. The van der Waals surface area contributed by atoms with Crippen LogP contribution in [0.15, 0.2) is 36.7 Å². The van der Waals surface area contributed by atoms with Crippen molar-refractivity contribution < 1.29 is 70.8 Å². The molecule has 4 rings (SSSR count). The summed E-state index contributed by atoms with van der Waals surface area (Å²) in [5.74, 6) is 0.284. The first-order valence-electron chi connectivity index (χ1n) is 10.4. The van der Waals surface area contributed by atoms with Crippen molar-refractivity contribution in [3.63, 3.8) is 0 Å². The number of aliphatic carboxylic acids is 1. The van der Waals surface area contributed by atoms with E-state index >= 15 is 0 Å². The third-order valence-corrected chi connectivity index (χ3v) is 6.43. The number of methoxy groups -OCH3 is 1. The topological polar surface area (TPSA) is 99.5 Å². The van der Waals surface area contributed by atoms with E-state index < -0.39 is 24.1 Å². The second-order valence-corrected chi connectivity index (χ2v) is 8.11. The summed E-state index contributed by atoms with van der Waals surface area (Å²) < 4.78 is 7.34. The zero-order valence-electron chi connectivity index (χ0n) is 18.3. The fraction of sp³-hybridized carbons (Fsp3) is 0.500. The maximum atomic E-state index is 13.5. The van der Waals surface area contributed by atoms with E-state index in [0.29, 0.717) is 18.0 Å². The number of rotatable bonds is 5. The Bertz CT molecular complexity index is 934. The van der Waals surface area contributed by atoms with E-state index in [9.17, 15) is 14.7 Å². The summed E-state index contributed by atoms with van der Waals surface area (Å²) in [5, 5.41) is 14.9. The number of fused-ring (bicyclic) bond motifs is 1. The summed E-state index contributed by atoms with van der Waals surface area (Å²) in [6.45, 7) is 0. The molecule has 2 fully saturated rings. The normalized spacial score (nSPS) is 23.4. The van der Waals surface area contributed by atoms with E-state index in [1.807, 2.05) is 35.9 Å². The van der Waals surface area contributed by atoms with Gasteiger partial charge in [0.05, 0.1) is 19.1 Å². The minimum Gasteiger partial charge on any atom is -0.548 e. The molecule has 160 valence electrons. The van der Waals surface area contributed by atoms with Gasteiger partial charge in [-0.05, 0) is 31.2 Å². The third-order valence-electron chi connectivity index (χ3n) is 6.43. The molecule has 2 aromatic rings. The molecule has 2 heterocycles. The summed E-state index contributed by atoms with van der Waals surface area (Å²) in [6, 6.07) is 5.47. The van der Waals surface area contributed by atoms with Crippen molar-refractivity contribution in [1.82, 2.24) is 19.8 Å². The van der Waals surface area contributed by atoms with Crippen molar-refractivity contribution >= 4 is 12.0 Å². The van der Waals surface area contributed by atoms with Crippen molar-refractivity contribution in [1.29, 1.82) is 0 Å². The van der Waals surface area contributed by atoms with Crippen molar-refractivity contribution in [3.8, 4) is 5.75 Å². The Hall–Kier alpha value is -1.39. The second kappa shape index (κ2) is 10.5. The van der Waals surface area contributed by atoms with E-state index in [1.54, 1.807) is 19.5 Å². The molecule has 0 radical (unpaired) electrons. The minimum atomic E-state index is -1.19. The second-order valence-electron chi connectivity index (χ2n) is 8.11. The molecule has 31 heavy (non-hydrogen) atoms. The summed E-state index contributed by atoms with van der Waals surface area (Å²) >= 11 is 0. The molecular formula is C22H27KN4O4. The number of carbonyl (C=O) groups excluding carboxylic acids is 2. The van der Waals surface area contributed by atoms with E-state index in [-0.39, 0.29) is 63.3 Å². The van der Waals surface area contributed by atoms with Crippen LogP contribution >= 0.6 is 0 Å². The van der Waals surface area contributed by atoms with Gasteiger partial charge < -0.3 is 29.4 Å². The van der Waals surface area contributed by atoms with Gasteiger partial charge in [0.15, 0.2) is 0 Å². The van der Waals surface area contributed by atoms with Gasteiger partial charge >= 0.3 is 57.4 Å². The van der Waals surface area contributed by atoms with Gasteiger partial charge in [-0.2, -0.15) is 0 Å². The van der Waals surface area contributed by atoms with E-state index in [4.69, 9.17) is 4.74 Å². The Balaban J connectivity index is 0.00000272. The number of likely N-dealkylation sites (tertiary alicyclic amines) is 1. The number of benzene rings is 1. The fourth-order valence-electron chi connectivity index (χ4n) is 5.00. The first-order valence-corrected chi connectivity index (χ1v) is 10.4. The molecule has 1 saturated heterocycles. The SMILES string of the molecule is COc1ccccc1C(NC(=O)N1C(C(=O)[O-])CC2CCCCC21)c1nccn1C.[K+]. The Morgan fingerprint density at radius 2 is 2.00 bits per heavy atom. The summed E-state index contributed by atoms with van der Waals surface area (Å²) in [5.41, 5.74) is 0.757. The van der Waals surface area contributed by atoms with Crippen LogP contribution in [0.4, 0.5) is 4.79 Å². The average Bonchev–Trinajstić information content (AvgIpc) is 3.35. The minimum absolute atomic E-state index is 0. The van der Waals surface area contributed by atoms with Crippen LogP contribution in [0.25, 0.3) is 0 Å². The third kappa shape index (κ3) is 4.85. The molecule has 4 unspecified atom stereocenters. The molecule has 1 aromatic carbocycles. The summed E-state index contributed by atoms with van der Waals surface area (Å²) in [4.78, 5) is 31.2. The van der Waals surface area contributed by atoms with Crippen LogP contribution in [-0.4, -0.2) is 45.6 Å². The largest absolute Gasteiger partial charge is 1.00 e. The molecule has 9 heteroatoms. The summed E-state index contributed by atoms with van der Waals surface area (Å²) in [6.07, 6.45) is 7.79. The monoisotopic (exact) mass is 450 g/mol. The molecule has 1 saturated carbocycles. The quantitative estimate of drug-likeness (QED) is 0.566. The molecule has 1 aliphatic carbocycles. The first-order chi connectivity index (χ1) is 14.5. The van der Waals surface area contributed by atoms with Gasteiger partial charge in [-0.3, -0.25) is 0 Å². The van der Waals surface area contributed by atoms with Crippen LogP contribution in [0.3, 0.4) is 0 Å². The number of aromatic nitrogens is 2. The number of urea groups is 1. The van der Waals surface area contributed by atoms with Gasteiger partial charge in [0.2, 0.25) is 0 Å². The molecule has 8 nitrogen and oxygen atoms in total. The molecule has 1 aliphatic heterocycles. The van der Waals surface area contributed by atoms with Crippen LogP contribution in [0, 0.1) is 5.92 Å². The Labute approximate surface area is 224 Å². The molecule has 4 atom stereocenters. The number of ether oxygens (including phenoxy) is 1. The van der Waals surface area contributed by atoms with Crippen molar-refractivity contribution in [2.75, 3.05) is 7.11 Å². The van der Waals surface area contributed by atoms with Crippen LogP contribution in [0.2, 0.25) is 0 Å². The number of nitrogens with zero attached hydrogens (tertiary/aromatic N) is 3. The number of carbonyl (C=O) groups is 2. The maximum Gasteiger partial charge on any atom is 1.00 e. The summed E-state index contributed by atoms with van der Waals surface area (Å²) in [7, 11) is 3.43. The number of carboxylic acids is 1. The molecular weight excluding hydrogens is 423 g/mol. The number of carboxylic acid groups (broad SMARTS) is 1. The smallest absolute Gasteiger partial charge is 0.548 e. The fourth-order valence-corrected chi connectivity index (χ4v) is 5.00. The Morgan fingerprint density at radius 1 is 1.26 bits per heavy atom. The Kier molecular flexibility index (Phi) is 8.20.